The molecule has 0 saturated heterocycles. The van der Waals surface area contributed by atoms with E-state index in [9.17, 15) is 9.59 Å². The predicted octanol–water partition coefficient (Wildman–Crippen LogP) is 4.12. The quantitative estimate of drug-likeness (QED) is 0.409. The minimum atomic E-state index is -0.651. The van der Waals surface area contributed by atoms with Crippen molar-refractivity contribution in [2.24, 2.45) is 0 Å². The highest BCUT2D eigenvalue weighted by Gasteiger charge is 2.18. The highest BCUT2D eigenvalue weighted by Crippen LogP contribution is 2.26. The summed E-state index contributed by atoms with van der Waals surface area (Å²) in [5.74, 6) is -0.124. The molecule has 0 heterocycles. The van der Waals surface area contributed by atoms with Gasteiger partial charge in [-0.3, -0.25) is 4.79 Å². The van der Waals surface area contributed by atoms with E-state index in [-0.39, 0.29) is 16.4 Å². The van der Waals surface area contributed by atoms with Gasteiger partial charge in [-0.1, -0.05) is 11.6 Å². The van der Waals surface area contributed by atoms with Crippen LogP contribution in [0.1, 0.15) is 20.7 Å². The Morgan fingerprint density at radius 2 is 1.80 bits per heavy atom. The molecule has 0 fully saturated rings. The van der Waals surface area contributed by atoms with Crippen LogP contribution < -0.4 is 9.47 Å². The molecule has 0 amide bonds. The van der Waals surface area contributed by atoms with E-state index in [4.69, 9.17) is 25.8 Å². The number of thioether (sulfide) groups is 1. The Morgan fingerprint density at radius 3 is 2.44 bits per heavy atom. The average molecular weight is 381 g/mol. The molecular formula is C18H17ClO5S. The van der Waals surface area contributed by atoms with E-state index in [1.54, 1.807) is 36.4 Å². The van der Waals surface area contributed by atoms with Gasteiger partial charge in [0.25, 0.3) is 0 Å². The van der Waals surface area contributed by atoms with E-state index < -0.39 is 12.6 Å². The highest BCUT2D eigenvalue weighted by atomic mass is 35.5. The summed E-state index contributed by atoms with van der Waals surface area (Å²) in [5, 5.41) is 0.275. The van der Waals surface area contributed by atoms with Crippen LogP contribution in [-0.4, -0.2) is 38.8 Å². The lowest BCUT2D eigenvalue weighted by Gasteiger charge is -2.10. The van der Waals surface area contributed by atoms with Crippen molar-refractivity contribution >= 4 is 35.1 Å². The second-order valence-electron chi connectivity index (χ2n) is 4.91. The van der Waals surface area contributed by atoms with Gasteiger partial charge >= 0.3 is 5.97 Å². The standard InChI is InChI=1S/C18H17ClO5S/c1-22-11-4-6-13(17(8-11)23-2)16(20)10-24-18(21)14-9-12(25-3)5-7-15(14)19/h4-9H,10H2,1-3H3. The van der Waals surface area contributed by atoms with Crippen LogP contribution in [0.2, 0.25) is 5.02 Å². The fourth-order valence-electron chi connectivity index (χ4n) is 2.10. The Bertz CT molecular complexity index is 791. The lowest BCUT2D eigenvalue weighted by Crippen LogP contribution is -2.15. The average Bonchev–Trinajstić information content (AvgIpc) is 2.65. The van der Waals surface area contributed by atoms with Gasteiger partial charge in [0, 0.05) is 11.0 Å². The fraction of sp³-hybridized carbons (Fsp3) is 0.222. The van der Waals surface area contributed by atoms with Crippen molar-refractivity contribution in [1.82, 2.24) is 0 Å². The summed E-state index contributed by atoms with van der Waals surface area (Å²) in [6.07, 6.45) is 1.89. The van der Waals surface area contributed by atoms with Crippen LogP contribution in [0.3, 0.4) is 0 Å². The number of Topliss-reactive ketones (excluding diaryl/α,β-unsaturated/α-hetero) is 1. The van der Waals surface area contributed by atoms with Crippen molar-refractivity contribution < 1.29 is 23.8 Å². The second-order valence-corrected chi connectivity index (χ2v) is 6.20. The van der Waals surface area contributed by atoms with Crippen molar-refractivity contribution in [3.8, 4) is 11.5 Å². The number of ether oxygens (including phenoxy) is 3. The Kier molecular flexibility index (Phi) is 6.73. The van der Waals surface area contributed by atoms with Gasteiger partial charge in [-0.05, 0) is 36.6 Å². The third-order valence-corrected chi connectivity index (χ3v) is 4.49. The summed E-state index contributed by atoms with van der Waals surface area (Å²) >= 11 is 7.51. The van der Waals surface area contributed by atoms with Crippen LogP contribution in [0.5, 0.6) is 11.5 Å². The molecule has 0 bridgehead atoms. The maximum absolute atomic E-state index is 12.3. The first-order valence-electron chi connectivity index (χ1n) is 7.26. The van der Waals surface area contributed by atoms with E-state index in [1.807, 2.05) is 6.26 Å². The van der Waals surface area contributed by atoms with Crippen molar-refractivity contribution in [2.75, 3.05) is 27.1 Å². The maximum Gasteiger partial charge on any atom is 0.340 e. The third kappa shape index (κ3) is 4.67. The van der Waals surface area contributed by atoms with Gasteiger partial charge in [0.1, 0.15) is 11.5 Å². The van der Waals surface area contributed by atoms with Gasteiger partial charge in [0.05, 0.1) is 30.4 Å². The molecule has 2 aromatic carbocycles. The lowest BCUT2D eigenvalue weighted by atomic mass is 10.1. The van der Waals surface area contributed by atoms with Gasteiger partial charge in [-0.15, -0.1) is 11.8 Å². The first kappa shape index (κ1) is 19.1. The Hall–Kier alpha value is -2.18. The molecule has 5 nitrogen and oxygen atoms in total. The molecule has 7 heteroatoms. The van der Waals surface area contributed by atoms with Crippen LogP contribution in [0, 0.1) is 0 Å². The number of benzene rings is 2. The SMILES string of the molecule is COc1ccc(C(=O)COC(=O)c2cc(SC)ccc2Cl)c(OC)c1. The second kappa shape index (κ2) is 8.78. The molecule has 0 N–H and O–H groups in total. The number of hydrogen-bond acceptors (Lipinski definition) is 6. The number of esters is 1. The summed E-state index contributed by atoms with van der Waals surface area (Å²) in [6.45, 7) is -0.415. The third-order valence-electron chi connectivity index (χ3n) is 3.44. The summed E-state index contributed by atoms with van der Waals surface area (Å²) in [6, 6.07) is 9.85. The number of carbonyl (C=O) groups is 2. The maximum atomic E-state index is 12.3. The van der Waals surface area contributed by atoms with E-state index >= 15 is 0 Å². The molecule has 132 valence electrons. The van der Waals surface area contributed by atoms with Crippen molar-refractivity contribution in [2.45, 2.75) is 4.90 Å². The summed E-state index contributed by atoms with van der Waals surface area (Å²) in [4.78, 5) is 25.4. The van der Waals surface area contributed by atoms with Crippen LogP contribution in [0.15, 0.2) is 41.3 Å². The van der Waals surface area contributed by atoms with Crippen LogP contribution >= 0.6 is 23.4 Å². The molecule has 25 heavy (non-hydrogen) atoms. The number of ketones is 1. The van der Waals surface area contributed by atoms with Gasteiger partial charge in [0.15, 0.2) is 6.61 Å². The molecule has 0 aliphatic heterocycles. The molecule has 0 atom stereocenters. The molecule has 0 unspecified atom stereocenters. The van der Waals surface area contributed by atoms with Gasteiger partial charge in [0.2, 0.25) is 5.78 Å². The molecule has 0 saturated carbocycles. The van der Waals surface area contributed by atoms with Crippen molar-refractivity contribution in [3.63, 3.8) is 0 Å². The smallest absolute Gasteiger partial charge is 0.340 e. The molecule has 0 aliphatic rings. The molecule has 0 radical (unpaired) electrons. The monoisotopic (exact) mass is 380 g/mol. The number of carbonyl (C=O) groups excluding carboxylic acids is 2. The van der Waals surface area contributed by atoms with Gasteiger partial charge < -0.3 is 14.2 Å². The lowest BCUT2D eigenvalue weighted by molar-refractivity contribution is 0.0474. The molecule has 0 spiro atoms. The predicted molar refractivity (Wildman–Crippen MR) is 97.4 cm³/mol. The van der Waals surface area contributed by atoms with E-state index in [0.29, 0.717) is 17.1 Å². The number of hydrogen-bond donors (Lipinski definition) is 0. The highest BCUT2D eigenvalue weighted by molar-refractivity contribution is 7.98. The van der Waals surface area contributed by atoms with Crippen molar-refractivity contribution in [1.29, 1.82) is 0 Å². The molecule has 2 aromatic rings. The number of rotatable bonds is 7. The van der Waals surface area contributed by atoms with Crippen molar-refractivity contribution in [3.05, 3.63) is 52.5 Å². The van der Waals surface area contributed by atoms with Crippen LogP contribution in [0.4, 0.5) is 0 Å². The topological polar surface area (TPSA) is 61.8 Å². The number of methoxy groups -OCH3 is 2. The first-order chi connectivity index (χ1) is 12.0. The molecule has 2 rings (SSSR count). The Morgan fingerprint density at radius 1 is 1.04 bits per heavy atom. The minimum absolute atomic E-state index is 0.225. The Labute approximate surface area is 155 Å². The van der Waals surface area contributed by atoms with E-state index in [0.717, 1.165) is 4.90 Å². The zero-order valence-corrected chi connectivity index (χ0v) is 15.6. The fourth-order valence-corrected chi connectivity index (χ4v) is 2.74. The first-order valence-corrected chi connectivity index (χ1v) is 8.86. The van der Waals surface area contributed by atoms with Gasteiger partial charge in [-0.25, -0.2) is 4.79 Å². The van der Waals surface area contributed by atoms with Crippen LogP contribution in [0.25, 0.3) is 0 Å². The minimum Gasteiger partial charge on any atom is -0.497 e. The van der Waals surface area contributed by atoms with E-state index in [2.05, 4.69) is 0 Å². The van der Waals surface area contributed by atoms with E-state index in [1.165, 1.54) is 26.0 Å². The summed E-state index contributed by atoms with van der Waals surface area (Å²) in [7, 11) is 2.97. The zero-order valence-electron chi connectivity index (χ0n) is 14.0. The largest absolute Gasteiger partial charge is 0.497 e. The number of halogens is 1. The normalized spacial score (nSPS) is 10.2. The van der Waals surface area contributed by atoms with Gasteiger partial charge in [-0.2, -0.15) is 0 Å². The zero-order chi connectivity index (χ0) is 18.4. The molecule has 0 aliphatic carbocycles. The summed E-state index contributed by atoms with van der Waals surface area (Å²) in [5.41, 5.74) is 0.531. The molecule has 0 aromatic heterocycles. The Balaban J connectivity index is 2.11. The molecular weight excluding hydrogens is 364 g/mol. The van der Waals surface area contributed by atoms with Crippen LogP contribution in [-0.2, 0) is 4.74 Å². The summed E-state index contributed by atoms with van der Waals surface area (Å²) < 4.78 is 15.4.